The van der Waals surface area contributed by atoms with Crippen molar-refractivity contribution in [2.24, 2.45) is 5.92 Å². The Bertz CT molecular complexity index is 937. The number of carbonyl (C=O) groups is 1. The summed E-state index contributed by atoms with van der Waals surface area (Å²) < 4.78 is 22.8. The van der Waals surface area contributed by atoms with Crippen molar-refractivity contribution in [1.29, 1.82) is 5.26 Å². The molecule has 2 aromatic rings. The topological polar surface area (TPSA) is 98.0 Å². The highest BCUT2D eigenvalue weighted by atomic mass is 16.5. The SMILES string of the molecule is CCCC(COc1cccc(CC(OC(C)C)C(=O)O)c1)COc1ccc(C#N)cc1OC. The Labute approximate surface area is 195 Å². The third kappa shape index (κ3) is 8.66. The highest BCUT2D eigenvalue weighted by molar-refractivity contribution is 5.72. The van der Waals surface area contributed by atoms with Crippen LogP contribution in [0.5, 0.6) is 17.2 Å². The number of methoxy groups -OCH3 is 1. The van der Waals surface area contributed by atoms with Crippen molar-refractivity contribution in [3.05, 3.63) is 53.6 Å². The van der Waals surface area contributed by atoms with Crippen LogP contribution in [0.1, 0.15) is 44.7 Å². The fraction of sp³-hybridized carbons (Fsp3) is 0.462. The van der Waals surface area contributed by atoms with Crippen molar-refractivity contribution in [2.75, 3.05) is 20.3 Å². The van der Waals surface area contributed by atoms with Crippen molar-refractivity contribution in [1.82, 2.24) is 0 Å². The summed E-state index contributed by atoms with van der Waals surface area (Å²) in [7, 11) is 1.55. The minimum Gasteiger partial charge on any atom is -0.493 e. The number of hydrogen-bond donors (Lipinski definition) is 1. The Hall–Kier alpha value is -3.24. The molecule has 0 saturated carbocycles. The van der Waals surface area contributed by atoms with Crippen LogP contribution in [0.15, 0.2) is 42.5 Å². The molecule has 2 unspecified atom stereocenters. The van der Waals surface area contributed by atoms with Crippen LogP contribution in [0.4, 0.5) is 0 Å². The first-order valence-electron chi connectivity index (χ1n) is 11.2. The quantitative estimate of drug-likeness (QED) is 0.434. The van der Waals surface area contributed by atoms with Crippen molar-refractivity contribution in [2.45, 2.75) is 52.2 Å². The van der Waals surface area contributed by atoms with E-state index in [1.165, 1.54) is 0 Å². The zero-order valence-electron chi connectivity index (χ0n) is 19.7. The monoisotopic (exact) mass is 455 g/mol. The molecule has 2 atom stereocenters. The summed E-state index contributed by atoms with van der Waals surface area (Å²) in [5, 5.41) is 18.5. The van der Waals surface area contributed by atoms with E-state index in [0.29, 0.717) is 36.0 Å². The molecular formula is C26H33NO6. The number of hydrogen-bond acceptors (Lipinski definition) is 6. The number of nitriles is 1. The van der Waals surface area contributed by atoms with Gasteiger partial charge < -0.3 is 24.1 Å². The lowest BCUT2D eigenvalue weighted by molar-refractivity contribution is -0.153. The number of ether oxygens (including phenoxy) is 4. The minimum atomic E-state index is -0.978. The summed E-state index contributed by atoms with van der Waals surface area (Å²) in [5.74, 6) is 0.959. The van der Waals surface area contributed by atoms with E-state index >= 15 is 0 Å². The zero-order valence-corrected chi connectivity index (χ0v) is 19.7. The van der Waals surface area contributed by atoms with E-state index < -0.39 is 12.1 Å². The maximum absolute atomic E-state index is 11.5. The lowest BCUT2D eigenvalue weighted by atomic mass is 10.1. The summed E-state index contributed by atoms with van der Waals surface area (Å²) in [6.45, 7) is 6.65. The predicted molar refractivity (Wildman–Crippen MR) is 125 cm³/mol. The summed E-state index contributed by atoms with van der Waals surface area (Å²) in [4.78, 5) is 11.5. The fourth-order valence-corrected chi connectivity index (χ4v) is 3.40. The standard InChI is InChI=1S/C26H33NO6/c1-5-7-21(17-32-23-11-10-20(15-27)14-24(23)30-4)16-31-22-9-6-8-19(12-22)13-25(26(28)29)33-18(2)3/h6,8-12,14,18,21,25H,5,7,13,16-17H2,1-4H3,(H,28,29). The maximum Gasteiger partial charge on any atom is 0.333 e. The smallest absolute Gasteiger partial charge is 0.333 e. The van der Waals surface area contributed by atoms with Gasteiger partial charge in [-0.05, 0) is 50.1 Å². The molecule has 0 aliphatic heterocycles. The largest absolute Gasteiger partial charge is 0.493 e. The molecule has 0 aliphatic carbocycles. The van der Waals surface area contributed by atoms with Crippen LogP contribution in [0.3, 0.4) is 0 Å². The zero-order chi connectivity index (χ0) is 24.2. The summed E-state index contributed by atoms with van der Waals surface area (Å²) in [6, 6.07) is 14.6. The number of nitrogens with zero attached hydrogens (tertiary/aromatic N) is 1. The maximum atomic E-state index is 11.5. The van der Waals surface area contributed by atoms with Crippen molar-refractivity contribution < 1.29 is 28.8 Å². The van der Waals surface area contributed by atoms with Crippen LogP contribution in [-0.2, 0) is 16.0 Å². The summed E-state index contributed by atoms with van der Waals surface area (Å²) in [6.07, 6.45) is 1.10. The molecule has 33 heavy (non-hydrogen) atoms. The van der Waals surface area contributed by atoms with Crippen molar-refractivity contribution >= 4 is 5.97 Å². The molecule has 7 heteroatoms. The van der Waals surface area contributed by atoms with Gasteiger partial charge in [0.2, 0.25) is 0 Å². The molecular weight excluding hydrogens is 422 g/mol. The molecule has 2 rings (SSSR count). The molecule has 178 valence electrons. The molecule has 0 saturated heterocycles. The number of aliphatic carboxylic acids is 1. The Morgan fingerprint density at radius 1 is 1.09 bits per heavy atom. The molecule has 0 radical (unpaired) electrons. The average molecular weight is 456 g/mol. The number of benzene rings is 2. The van der Waals surface area contributed by atoms with E-state index in [-0.39, 0.29) is 18.4 Å². The first-order valence-corrected chi connectivity index (χ1v) is 11.2. The van der Waals surface area contributed by atoms with E-state index in [1.54, 1.807) is 25.3 Å². The normalized spacial score (nSPS) is 12.6. The lowest BCUT2D eigenvalue weighted by Crippen LogP contribution is -2.29. The summed E-state index contributed by atoms with van der Waals surface area (Å²) in [5.41, 5.74) is 1.35. The van der Waals surface area contributed by atoms with E-state index in [1.807, 2.05) is 38.1 Å². The Morgan fingerprint density at radius 3 is 2.48 bits per heavy atom. The number of carboxylic acids is 1. The molecule has 0 spiro atoms. The Morgan fingerprint density at radius 2 is 1.85 bits per heavy atom. The molecule has 0 aromatic heterocycles. The van der Waals surface area contributed by atoms with Gasteiger partial charge in [-0.2, -0.15) is 5.26 Å². The van der Waals surface area contributed by atoms with Gasteiger partial charge in [-0.15, -0.1) is 0 Å². The van der Waals surface area contributed by atoms with Gasteiger partial charge in [0, 0.05) is 18.4 Å². The van der Waals surface area contributed by atoms with Crippen molar-refractivity contribution in [3.63, 3.8) is 0 Å². The van der Waals surface area contributed by atoms with Gasteiger partial charge in [0.1, 0.15) is 5.75 Å². The Balaban J connectivity index is 1.99. The van der Waals surface area contributed by atoms with E-state index in [9.17, 15) is 9.90 Å². The number of rotatable bonds is 14. The average Bonchev–Trinajstić information content (AvgIpc) is 2.80. The molecule has 0 amide bonds. The molecule has 0 bridgehead atoms. The van der Waals surface area contributed by atoms with Crippen LogP contribution in [0, 0.1) is 17.2 Å². The van der Waals surface area contributed by atoms with E-state index in [0.717, 1.165) is 18.4 Å². The van der Waals surface area contributed by atoms with Gasteiger partial charge in [-0.3, -0.25) is 0 Å². The Kier molecular flexibility index (Phi) is 10.5. The van der Waals surface area contributed by atoms with Crippen LogP contribution in [0.25, 0.3) is 0 Å². The third-order valence-electron chi connectivity index (χ3n) is 4.98. The molecule has 1 N–H and O–H groups in total. The minimum absolute atomic E-state index is 0.148. The second kappa shape index (κ2) is 13.3. The first-order chi connectivity index (χ1) is 15.9. The van der Waals surface area contributed by atoms with Gasteiger partial charge in [0.25, 0.3) is 0 Å². The molecule has 7 nitrogen and oxygen atoms in total. The van der Waals surface area contributed by atoms with Crippen LogP contribution < -0.4 is 14.2 Å². The molecule has 0 fully saturated rings. The molecule has 0 heterocycles. The van der Waals surface area contributed by atoms with Gasteiger partial charge in [-0.25, -0.2) is 4.79 Å². The third-order valence-corrected chi connectivity index (χ3v) is 4.98. The fourth-order valence-electron chi connectivity index (χ4n) is 3.40. The van der Waals surface area contributed by atoms with Gasteiger partial charge in [-0.1, -0.05) is 25.5 Å². The van der Waals surface area contributed by atoms with Gasteiger partial charge >= 0.3 is 5.97 Å². The first kappa shape index (κ1) is 26.0. The van der Waals surface area contributed by atoms with Gasteiger partial charge in [0.15, 0.2) is 17.6 Å². The highest BCUT2D eigenvalue weighted by Crippen LogP contribution is 2.28. The predicted octanol–water partition coefficient (Wildman–Crippen LogP) is 4.86. The second-order valence-electron chi connectivity index (χ2n) is 8.12. The van der Waals surface area contributed by atoms with Crippen LogP contribution >= 0.6 is 0 Å². The summed E-state index contributed by atoms with van der Waals surface area (Å²) >= 11 is 0. The molecule has 2 aromatic carbocycles. The van der Waals surface area contributed by atoms with E-state index in [4.69, 9.17) is 24.2 Å². The second-order valence-corrected chi connectivity index (χ2v) is 8.12. The van der Waals surface area contributed by atoms with Crippen LogP contribution in [-0.4, -0.2) is 43.6 Å². The molecule has 0 aliphatic rings. The van der Waals surface area contributed by atoms with E-state index in [2.05, 4.69) is 13.0 Å². The lowest BCUT2D eigenvalue weighted by Gasteiger charge is -2.20. The van der Waals surface area contributed by atoms with Crippen LogP contribution in [0.2, 0.25) is 0 Å². The van der Waals surface area contributed by atoms with Gasteiger partial charge in [0.05, 0.1) is 38.1 Å². The number of carboxylic acid groups (broad SMARTS) is 1. The van der Waals surface area contributed by atoms with Crippen molar-refractivity contribution in [3.8, 4) is 23.3 Å². The highest BCUT2D eigenvalue weighted by Gasteiger charge is 2.20.